The van der Waals surface area contributed by atoms with Crippen LogP contribution in [0.15, 0.2) is 0 Å². The van der Waals surface area contributed by atoms with E-state index in [2.05, 4.69) is 39.9 Å². The van der Waals surface area contributed by atoms with Crippen molar-refractivity contribution in [3.05, 3.63) is 0 Å². The molecule has 0 aliphatic carbocycles. The molecule has 3 nitrogen and oxygen atoms in total. The molecule has 1 unspecified atom stereocenters. The highest BCUT2D eigenvalue weighted by Gasteiger charge is 2.08. The molecule has 0 aliphatic rings. The van der Waals surface area contributed by atoms with Crippen LogP contribution in [0.25, 0.3) is 0 Å². The van der Waals surface area contributed by atoms with Gasteiger partial charge in [-0.05, 0) is 31.6 Å². The van der Waals surface area contributed by atoms with E-state index in [0.29, 0.717) is 24.9 Å². The Hall–Kier alpha value is -0.570. The summed E-state index contributed by atoms with van der Waals surface area (Å²) in [5.74, 6) is 1.33. The third kappa shape index (κ3) is 11.7. The summed E-state index contributed by atoms with van der Waals surface area (Å²) in [5, 5.41) is 3.00. The molecule has 0 aliphatic heterocycles. The first-order valence-corrected chi connectivity index (χ1v) is 6.79. The van der Waals surface area contributed by atoms with E-state index < -0.39 is 0 Å². The Kier molecular flexibility index (Phi) is 9.14. The van der Waals surface area contributed by atoms with Crippen molar-refractivity contribution < 1.29 is 9.53 Å². The van der Waals surface area contributed by atoms with Crippen molar-refractivity contribution in [2.45, 2.75) is 59.9 Å². The predicted octanol–water partition coefficient (Wildman–Crippen LogP) is 2.99. The summed E-state index contributed by atoms with van der Waals surface area (Å²) in [4.78, 5) is 11.6. The van der Waals surface area contributed by atoms with Gasteiger partial charge >= 0.3 is 0 Å². The van der Waals surface area contributed by atoms with Crippen molar-refractivity contribution in [2.24, 2.45) is 11.8 Å². The van der Waals surface area contributed by atoms with Crippen LogP contribution in [-0.4, -0.2) is 25.2 Å². The molecule has 0 radical (unpaired) electrons. The number of nitrogens with one attached hydrogen (secondary N) is 1. The van der Waals surface area contributed by atoms with Gasteiger partial charge in [-0.15, -0.1) is 0 Å². The summed E-state index contributed by atoms with van der Waals surface area (Å²) in [7, 11) is 0. The van der Waals surface area contributed by atoms with E-state index in [1.54, 1.807) is 0 Å². The maximum absolute atomic E-state index is 11.6. The van der Waals surface area contributed by atoms with Gasteiger partial charge in [-0.2, -0.15) is 0 Å². The van der Waals surface area contributed by atoms with Crippen molar-refractivity contribution in [3.63, 3.8) is 0 Å². The molecule has 0 aromatic carbocycles. The van der Waals surface area contributed by atoms with Crippen LogP contribution in [0.2, 0.25) is 0 Å². The Labute approximate surface area is 106 Å². The molecule has 17 heavy (non-hydrogen) atoms. The summed E-state index contributed by atoms with van der Waals surface area (Å²) < 4.78 is 5.38. The fraction of sp³-hybridized carbons (Fsp3) is 0.929. The van der Waals surface area contributed by atoms with Gasteiger partial charge in [0.2, 0.25) is 5.91 Å². The fourth-order valence-corrected chi connectivity index (χ4v) is 1.49. The van der Waals surface area contributed by atoms with Gasteiger partial charge in [0.05, 0.1) is 6.61 Å². The Morgan fingerprint density at radius 1 is 1.06 bits per heavy atom. The summed E-state index contributed by atoms with van der Waals surface area (Å²) in [6.07, 6.45) is 2.68. The maximum Gasteiger partial charge on any atom is 0.222 e. The van der Waals surface area contributed by atoms with Crippen LogP contribution in [0, 0.1) is 11.8 Å². The van der Waals surface area contributed by atoms with Crippen molar-refractivity contribution in [3.8, 4) is 0 Å². The highest BCUT2D eigenvalue weighted by atomic mass is 16.5. The number of amides is 1. The van der Waals surface area contributed by atoms with Crippen molar-refractivity contribution in [1.82, 2.24) is 5.32 Å². The minimum Gasteiger partial charge on any atom is -0.381 e. The lowest BCUT2D eigenvalue weighted by Gasteiger charge is -2.15. The van der Waals surface area contributed by atoms with Crippen LogP contribution in [0.5, 0.6) is 0 Å². The van der Waals surface area contributed by atoms with Gasteiger partial charge in [-0.25, -0.2) is 0 Å². The van der Waals surface area contributed by atoms with Crippen LogP contribution < -0.4 is 5.32 Å². The molecule has 0 aromatic heterocycles. The number of hydrogen-bond donors (Lipinski definition) is 1. The Morgan fingerprint density at radius 2 is 1.71 bits per heavy atom. The van der Waals surface area contributed by atoms with Gasteiger partial charge < -0.3 is 10.1 Å². The molecule has 0 bridgehead atoms. The Morgan fingerprint density at radius 3 is 2.24 bits per heavy atom. The smallest absolute Gasteiger partial charge is 0.222 e. The maximum atomic E-state index is 11.6. The minimum atomic E-state index is 0.102. The molecule has 3 heteroatoms. The van der Waals surface area contributed by atoms with Crippen molar-refractivity contribution >= 4 is 5.91 Å². The SMILES string of the molecule is CC(C)CCC(C)NC(=O)CCOCC(C)C. The minimum absolute atomic E-state index is 0.102. The van der Waals surface area contributed by atoms with Crippen LogP contribution in [0.1, 0.15) is 53.9 Å². The largest absolute Gasteiger partial charge is 0.381 e. The lowest BCUT2D eigenvalue weighted by Crippen LogP contribution is -2.33. The Balaban J connectivity index is 3.50. The first kappa shape index (κ1) is 16.4. The molecule has 0 heterocycles. The summed E-state index contributed by atoms with van der Waals surface area (Å²) in [5.41, 5.74) is 0. The normalized spacial score (nSPS) is 13.1. The molecule has 0 aromatic rings. The lowest BCUT2D eigenvalue weighted by atomic mass is 10.0. The molecule has 1 atom stereocenters. The van der Waals surface area contributed by atoms with Crippen LogP contribution >= 0.6 is 0 Å². The average molecular weight is 243 g/mol. The van der Waals surface area contributed by atoms with Crippen molar-refractivity contribution in [2.75, 3.05) is 13.2 Å². The van der Waals surface area contributed by atoms with E-state index in [4.69, 9.17) is 4.74 Å². The van der Waals surface area contributed by atoms with E-state index in [0.717, 1.165) is 19.4 Å². The number of ether oxygens (including phenoxy) is 1. The monoisotopic (exact) mass is 243 g/mol. The number of rotatable bonds is 9. The topological polar surface area (TPSA) is 38.3 Å². The molecule has 0 fully saturated rings. The average Bonchev–Trinajstić information content (AvgIpc) is 2.21. The second-order valence-electron chi connectivity index (χ2n) is 5.66. The quantitative estimate of drug-likeness (QED) is 0.632. The molecule has 1 amide bonds. The molecule has 1 N–H and O–H groups in total. The number of carbonyl (C=O) groups is 1. The highest BCUT2D eigenvalue weighted by Crippen LogP contribution is 2.06. The molecule has 102 valence electrons. The van der Waals surface area contributed by atoms with E-state index in [1.165, 1.54) is 0 Å². The standard InChI is InChI=1S/C14H29NO2/c1-11(2)6-7-13(5)15-14(16)8-9-17-10-12(3)4/h11-13H,6-10H2,1-5H3,(H,15,16). The van der Waals surface area contributed by atoms with Gasteiger partial charge in [-0.1, -0.05) is 27.7 Å². The van der Waals surface area contributed by atoms with E-state index in [9.17, 15) is 4.79 Å². The van der Waals surface area contributed by atoms with Crippen LogP contribution in [-0.2, 0) is 9.53 Å². The first-order chi connectivity index (χ1) is 7.91. The van der Waals surface area contributed by atoms with Gasteiger partial charge in [0, 0.05) is 19.1 Å². The third-order valence-corrected chi connectivity index (χ3v) is 2.51. The van der Waals surface area contributed by atoms with Crippen LogP contribution in [0.3, 0.4) is 0 Å². The molecule has 0 rings (SSSR count). The number of hydrogen-bond acceptors (Lipinski definition) is 2. The highest BCUT2D eigenvalue weighted by molar-refractivity contribution is 5.76. The van der Waals surface area contributed by atoms with Gasteiger partial charge in [0.15, 0.2) is 0 Å². The second kappa shape index (κ2) is 9.46. The number of carbonyl (C=O) groups excluding carboxylic acids is 1. The zero-order valence-corrected chi connectivity index (χ0v) is 12.1. The van der Waals surface area contributed by atoms with E-state index >= 15 is 0 Å². The van der Waals surface area contributed by atoms with Crippen molar-refractivity contribution in [1.29, 1.82) is 0 Å². The summed E-state index contributed by atoms with van der Waals surface area (Å²) in [6.45, 7) is 11.9. The Bertz CT molecular complexity index is 202. The lowest BCUT2D eigenvalue weighted by molar-refractivity contribution is -0.122. The second-order valence-corrected chi connectivity index (χ2v) is 5.66. The predicted molar refractivity (Wildman–Crippen MR) is 72.0 cm³/mol. The first-order valence-electron chi connectivity index (χ1n) is 6.79. The fourth-order valence-electron chi connectivity index (χ4n) is 1.49. The van der Waals surface area contributed by atoms with Crippen LogP contribution in [0.4, 0.5) is 0 Å². The zero-order valence-electron chi connectivity index (χ0n) is 12.1. The van der Waals surface area contributed by atoms with Gasteiger partial charge in [0.1, 0.15) is 0 Å². The summed E-state index contributed by atoms with van der Waals surface area (Å²) >= 11 is 0. The van der Waals surface area contributed by atoms with Gasteiger partial charge in [-0.3, -0.25) is 4.79 Å². The molecule has 0 saturated carbocycles. The molecule has 0 saturated heterocycles. The molecular formula is C14H29NO2. The van der Waals surface area contributed by atoms with Gasteiger partial charge in [0.25, 0.3) is 0 Å². The van der Waals surface area contributed by atoms with E-state index in [-0.39, 0.29) is 11.9 Å². The molecule has 0 spiro atoms. The zero-order chi connectivity index (χ0) is 13.3. The summed E-state index contributed by atoms with van der Waals surface area (Å²) in [6, 6.07) is 0.273. The third-order valence-electron chi connectivity index (χ3n) is 2.51. The van der Waals surface area contributed by atoms with E-state index in [1.807, 2.05) is 0 Å². The molecular weight excluding hydrogens is 214 g/mol.